The minimum absolute atomic E-state index is 0. The molecule has 0 saturated carbocycles. The maximum absolute atomic E-state index is 4.40. The van der Waals surface area contributed by atoms with E-state index >= 15 is 0 Å². The number of nitrogens with zero attached hydrogens (tertiary/aromatic N) is 2. The first-order valence-electron chi connectivity index (χ1n) is 10.5. The number of rotatable bonds is 2. The van der Waals surface area contributed by atoms with Gasteiger partial charge in [0.05, 0.1) is 0 Å². The second-order valence-electron chi connectivity index (χ2n) is 7.35. The van der Waals surface area contributed by atoms with Gasteiger partial charge >= 0.3 is 0 Å². The number of pyridine rings is 2. The van der Waals surface area contributed by atoms with Crippen LogP contribution in [-0.4, -0.2) is 9.97 Å². The molecule has 6 rings (SSSR count). The van der Waals surface area contributed by atoms with E-state index in [1.165, 1.54) is 21.9 Å². The summed E-state index contributed by atoms with van der Waals surface area (Å²) < 4.78 is 0. The Morgan fingerprint density at radius 3 is 2.18 bits per heavy atom. The molecule has 0 saturated heterocycles. The fourth-order valence-electron chi connectivity index (χ4n) is 3.68. The van der Waals surface area contributed by atoms with Crippen molar-refractivity contribution in [2.75, 3.05) is 0 Å². The number of aromatic nitrogens is 2. The predicted molar refractivity (Wildman–Crippen MR) is 132 cm³/mol. The van der Waals surface area contributed by atoms with E-state index in [0.29, 0.717) is 0 Å². The van der Waals surface area contributed by atoms with Crippen LogP contribution in [0.5, 0.6) is 0 Å². The molecule has 0 amide bonds. The first-order valence-corrected chi connectivity index (χ1v) is 10.5. The first-order chi connectivity index (χ1) is 15.9. The second-order valence-corrected chi connectivity index (χ2v) is 7.35. The normalized spacial score (nSPS) is 10.2. The van der Waals surface area contributed by atoms with Crippen molar-refractivity contribution in [2.24, 2.45) is 0 Å². The van der Waals surface area contributed by atoms with Crippen LogP contribution < -0.4 is 0 Å². The third kappa shape index (κ3) is 5.23. The van der Waals surface area contributed by atoms with Gasteiger partial charge in [-0.1, -0.05) is 54.6 Å². The molecule has 0 aliphatic rings. The Hall–Kier alpha value is -3.65. The van der Waals surface area contributed by atoms with Gasteiger partial charge in [-0.05, 0) is 39.9 Å². The predicted octanol–water partition coefficient (Wildman–Crippen LogP) is 7.40. The molecule has 0 aliphatic carbocycles. The van der Waals surface area contributed by atoms with Gasteiger partial charge < -0.3 is 9.97 Å². The van der Waals surface area contributed by atoms with Crippen molar-refractivity contribution in [3.63, 3.8) is 0 Å². The number of hydrogen-bond donors (Lipinski definition) is 0. The van der Waals surface area contributed by atoms with E-state index in [1.807, 2.05) is 79.1 Å². The standard InChI is InChI=1S/C17H12N.C13H8N.Ir/c1-3-7-14(8-4-1)16-11-12-18-17(13-16)15-9-5-2-6-10-15;1-2-6-12-10(4-1)7-8-11-5-3-9-14-13(11)12;/h1-9,11-13H;1-5,7-9H;/q2*-1;. The summed E-state index contributed by atoms with van der Waals surface area (Å²) in [6, 6.07) is 43.0. The van der Waals surface area contributed by atoms with E-state index in [1.54, 1.807) is 0 Å². The fourth-order valence-corrected chi connectivity index (χ4v) is 3.68. The Morgan fingerprint density at radius 1 is 0.545 bits per heavy atom. The molecule has 0 unspecified atom stereocenters. The van der Waals surface area contributed by atoms with Gasteiger partial charge in [0.2, 0.25) is 0 Å². The average molecular weight is 601 g/mol. The maximum Gasteiger partial charge on any atom is 0.0166 e. The molecule has 3 heteroatoms. The third-order valence-corrected chi connectivity index (χ3v) is 5.26. The summed E-state index contributed by atoms with van der Waals surface area (Å²) in [5, 5.41) is 3.46. The first kappa shape index (κ1) is 22.5. The summed E-state index contributed by atoms with van der Waals surface area (Å²) in [4.78, 5) is 8.78. The molecule has 4 aromatic carbocycles. The molecule has 0 fully saturated rings. The molecule has 0 spiro atoms. The molecule has 0 N–H and O–H groups in total. The van der Waals surface area contributed by atoms with Crippen molar-refractivity contribution in [1.82, 2.24) is 9.97 Å². The van der Waals surface area contributed by atoms with Crippen molar-refractivity contribution < 1.29 is 20.1 Å². The van der Waals surface area contributed by atoms with Gasteiger partial charge in [0.1, 0.15) is 0 Å². The van der Waals surface area contributed by atoms with Crippen molar-refractivity contribution in [3.8, 4) is 22.4 Å². The van der Waals surface area contributed by atoms with Crippen molar-refractivity contribution in [1.29, 1.82) is 0 Å². The maximum atomic E-state index is 4.40. The molecule has 2 nitrogen and oxygen atoms in total. The molecule has 2 heterocycles. The summed E-state index contributed by atoms with van der Waals surface area (Å²) in [5.74, 6) is 0. The van der Waals surface area contributed by atoms with Gasteiger partial charge in [-0.3, -0.25) is 0 Å². The van der Waals surface area contributed by atoms with Gasteiger partial charge in [-0.15, -0.1) is 70.9 Å². The topological polar surface area (TPSA) is 25.8 Å². The van der Waals surface area contributed by atoms with Crippen LogP contribution >= 0.6 is 0 Å². The van der Waals surface area contributed by atoms with E-state index in [2.05, 4.69) is 64.6 Å². The molecule has 6 aromatic rings. The minimum atomic E-state index is 0. The number of hydrogen-bond acceptors (Lipinski definition) is 2. The molecule has 0 aliphatic heterocycles. The largest absolute Gasteiger partial charge is 0.305 e. The van der Waals surface area contributed by atoms with Crippen molar-refractivity contribution >= 4 is 21.7 Å². The van der Waals surface area contributed by atoms with Crippen LogP contribution in [0.4, 0.5) is 0 Å². The monoisotopic (exact) mass is 601 g/mol. The van der Waals surface area contributed by atoms with Crippen LogP contribution in [-0.2, 0) is 20.1 Å². The van der Waals surface area contributed by atoms with Gasteiger partial charge in [-0.25, -0.2) is 0 Å². The van der Waals surface area contributed by atoms with Crippen LogP contribution in [0, 0.1) is 12.1 Å². The van der Waals surface area contributed by atoms with Crippen molar-refractivity contribution in [2.45, 2.75) is 0 Å². The number of fused-ring (bicyclic) bond motifs is 3. The van der Waals surface area contributed by atoms with E-state index < -0.39 is 0 Å². The average Bonchev–Trinajstić information content (AvgIpc) is 2.90. The minimum Gasteiger partial charge on any atom is -0.305 e. The number of benzene rings is 4. The van der Waals surface area contributed by atoms with Crippen LogP contribution in [0.1, 0.15) is 0 Å². The molecule has 1 radical (unpaired) electrons. The van der Waals surface area contributed by atoms with E-state index in [0.717, 1.165) is 22.2 Å². The van der Waals surface area contributed by atoms with E-state index in [-0.39, 0.29) is 20.1 Å². The summed E-state index contributed by atoms with van der Waals surface area (Å²) in [5.41, 5.74) is 5.40. The zero-order valence-corrected chi connectivity index (χ0v) is 20.2. The molecule has 33 heavy (non-hydrogen) atoms. The zero-order valence-electron chi connectivity index (χ0n) is 17.8. The zero-order chi connectivity index (χ0) is 21.6. The van der Waals surface area contributed by atoms with Gasteiger partial charge in [0.25, 0.3) is 0 Å². The quantitative estimate of drug-likeness (QED) is 0.153. The van der Waals surface area contributed by atoms with E-state index in [9.17, 15) is 0 Å². The summed E-state index contributed by atoms with van der Waals surface area (Å²) in [7, 11) is 0. The summed E-state index contributed by atoms with van der Waals surface area (Å²) in [6.45, 7) is 0. The summed E-state index contributed by atoms with van der Waals surface area (Å²) in [6.07, 6.45) is 3.67. The molecular weight excluding hydrogens is 581 g/mol. The molecular formula is C30H20IrN2-2. The van der Waals surface area contributed by atoms with Crippen LogP contribution in [0.2, 0.25) is 0 Å². The Kier molecular flexibility index (Phi) is 7.36. The van der Waals surface area contributed by atoms with Crippen molar-refractivity contribution in [3.05, 3.63) is 134 Å². The van der Waals surface area contributed by atoms with Crippen LogP contribution in [0.15, 0.2) is 122 Å². The summed E-state index contributed by atoms with van der Waals surface area (Å²) >= 11 is 0. The van der Waals surface area contributed by atoms with Crippen LogP contribution in [0.3, 0.4) is 0 Å². The third-order valence-electron chi connectivity index (χ3n) is 5.26. The van der Waals surface area contributed by atoms with E-state index in [4.69, 9.17) is 0 Å². The Labute approximate surface area is 207 Å². The Balaban J connectivity index is 0.000000157. The molecule has 0 atom stereocenters. The van der Waals surface area contributed by atoms with Crippen LogP contribution in [0.25, 0.3) is 44.1 Å². The Morgan fingerprint density at radius 2 is 1.33 bits per heavy atom. The second kappa shape index (κ2) is 10.8. The van der Waals surface area contributed by atoms with Gasteiger partial charge in [-0.2, -0.15) is 0 Å². The Bertz CT molecular complexity index is 1360. The molecule has 2 aromatic heterocycles. The SMILES string of the molecule is [Ir].[c-]1cccc2ccc3cccnc3c12.[c-]1ccccc1-c1cc(-c2ccccc2)ccn1. The molecule has 0 bridgehead atoms. The fraction of sp³-hybridized carbons (Fsp3) is 0. The van der Waals surface area contributed by atoms with Gasteiger partial charge in [0, 0.05) is 32.5 Å². The van der Waals surface area contributed by atoms with Gasteiger partial charge in [0.15, 0.2) is 0 Å². The molecule has 161 valence electrons. The smallest absolute Gasteiger partial charge is 0.0166 e.